The van der Waals surface area contributed by atoms with Gasteiger partial charge in [-0.1, -0.05) is 0 Å². The van der Waals surface area contributed by atoms with Gasteiger partial charge in [0.2, 0.25) is 9.84 Å². The Kier molecular flexibility index (Phi) is 5.49. The number of rotatable bonds is 2. The van der Waals surface area contributed by atoms with Crippen LogP contribution in [0.5, 0.6) is 0 Å². The van der Waals surface area contributed by atoms with Crippen molar-refractivity contribution in [2.45, 2.75) is 0 Å². The Morgan fingerprint density at radius 2 is 1.06 bits per heavy atom. The summed E-state index contributed by atoms with van der Waals surface area (Å²) in [7, 11) is -4.95. The van der Waals surface area contributed by atoms with Crippen LogP contribution in [-0.2, 0) is 9.84 Å². The number of hydrogen-bond acceptors (Lipinski definition) is 4. The number of allylic oxidation sites excluding steroid dienone is 4. The lowest BCUT2D eigenvalue weighted by atomic mass is 10.0. The van der Waals surface area contributed by atoms with Gasteiger partial charge < -0.3 is 0 Å². The first kappa shape index (κ1) is 21.9. The van der Waals surface area contributed by atoms with Crippen LogP contribution < -0.4 is 0 Å². The average Bonchev–Trinajstić information content (AvgIpc) is 2.73. The van der Waals surface area contributed by atoms with E-state index >= 15 is 0 Å². The molecular formula is C20H6F6N2O2S. The molecule has 1 heterocycles. The Bertz CT molecular complexity index is 1330. The second-order valence-corrected chi connectivity index (χ2v) is 7.91. The van der Waals surface area contributed by atoms with E-state index in [1.165, 1.54) is 12.1 Å². The summed E-state index contributed by atoms with van der Waals surface area (Å²) in [5.41, 5.74) is -3.13. The molecule has 2 aromatic carbocycles. The molecule has 0 atom stereocenters. The van der Waals surface area contributed by atoms with Crippen molar-refractivity contribution in [2.75, 3.05) is 0 Å². The van der Waals surface area contributed by atoms with Crippen LogP contribution >= 0.6 is 0 Å². The predicted molar refractivity (Wildman–Crippen MR) is 95.8 cm³/mol. The fourth-order valence-corrected chi connectivity index (χ4v) is 4.47. The Labute approximate surface area is 171 Å². The van der Waals surface area contributed by atoms with Gasteiger partial charge in [0.25, 0.3) is 0 Å². The first-order valence-electron chi connectivity index (χ1n) is 8.05. The minimum atomic E-state index is -4.95. The Morgan fingerprint density at radius 3 is 1.42 bits per heavy atom. The summed E-state index contributed by atoms with van der Waals surface area (Å²) in [6.45, 7) is 0. The molecule has 0 amide bonds. The van der Waals surface area contributed by atoms with Crippen molar-refractivity contribution in [1.82, 2.24) is 0 Å². The highest BCUT2D eigenvalue weighted by Gasteiger charge is 2.35. The molecule has 0 aliphatic carbocycles. The molecule has 0 N–H and O–H groups in total. The van der Waals surface area contributed by atoms with E-state index in [2.05, 4.69) is 0 Å². The molecule has 3 rings (SSSR count). The van der Waals surface area contributed by atoms with Gasteiger partial charge in [-0.15, -0.1) is 0 Å². The van der Waals surface area contributed by atoms with E-state index in [9.17, 15) is 34.8 Å². The van der Waals surface area contributed by atoms with Crippen LogP contribution in [0, 0.1) is 57.6 Å². The third kappa shape index (κ3) is 3.49. The summed E-state index contributed by atoms with van der Waals surface area (Å²) >= 11 is 0. The van der Waals surface area contributed by atoms with E-state index in [-0.39, 0.29) is 0 Å². The maximum absolute atomic E-state index is 14.3. The van der Waals surface area contributed by atoms with Crippen LogP contribution in [0.15, 0.2) is 47.6 Å². The molecule has 0 saturated carbocycles. The topological polar surface area (TPSA) is 81.7 Å². The fraction of sp³-hybridized carbons (Fsp3) is 0. The summed E-state index contributed by atoms with van der Waals surface area (Å²) in [5.74, 6) is -11.1. The fourth-order valence-electron chi connectivity index (χ4n) is 2.77. The number of benzene rings is 2. The average molecular weight is 452 g/mol. The monoisotopic (exact) mass is 452 g/mol. The normalized spacial score (nSPS) is 14.9. The highest BCUT2D eigenvalue weighted by atomic mass is 32.2. The number of nitriles is 2. The van der Waals surface area contributed by atoms with E-state index < -0.39 is 76.8 Å². The van der Waals surface area contributed by atoms with Crippen molar-refractivity contribution >= 4 is 19.6 Å². The highest BCUT2D eigenvalue weighted by molar-refractivity contribution is 8.09. The van der Waals surface area contributed by atoms with Crippen LogP contribution in [0.3, 0.4) is 0 Å². The molecule has 156 valence electrons. The van der Waals surface area contributed by atoms with Crippen molar-refractivity contribution in [3.63, 3.8) is 0 Å². The first-order valence-corrected chi connectivity index (χ1v) is 9.53. The van der Waals surface area contributed by atoms with Crippen LogP contribution in [0.1, 0.15) is 11.1 Å². The summed E-state index contributed by atoms with van der Waals surface area (Å²) in [4.78, 5) is -2.10. The van der Waals surface area contributed by atoms with Crippen LogP contribution in [0.4, 0.5) is 26.3 Å². The first-order chi connectivity index (χ1) is 14.5. The molecular weight excluding hydrogens is 446 g/mol. The van der Waals surface area contributed by atoms with E-state index in [4.69, 9.17) is 10.5 Å². The minimum absolute atomic E-state index is 0.430. The predicted octanol–water partition coefficient (Wildman–Crippen LogP) is 4.68. The molecule has 1 aliphatic rings. The second kappa shape index (κ2) is 7.78. The van der Waals surface area contributed by atoms with E-state index in [0.29, 0.717) is 36.4 Å². The lowest BCUT2D eigenvalue weighted by molar-refractivity contribution is 0.445. The largest absolute Gasteiger partial charge is 0.218 e. The number of sulfone groups is 1. The zero-order valence-corrected chi connectivity index (χ0v) is 15.7. The molecule has 0 bridgehead atoms. The standard InChI is InChI=1S/C20H6F6N2O2S/c21-13-3-1-11(17(23)19(13)25)15-5-9(10(7-27)8-28)6-16(31(15,29)30)12-2-4-14(22)20(26)18(12)24/h1-6H. The van der Waals surface area contributed by atoms with Crippen molar-refractivity contribution in [1.29, 1.82) is 10.5 Å². The Morgan fingerprint density at radius 1 is 0.677 bits per heavy atom. The second-order valence-electron chi connectivity index (χ2n) is 6.02. The lowest BCUT2D eigenvalue weighted by Gasteiger charge is -2.19. The molecule has 1 aliphatic heterocycles. The quantitative estimate of drug-likeness (QED) is 0.377. The van der Waals surface area contributed by atoms with Gasteiger partial charge in [-0.05, 0) is 36.4 Å². The molecule has 0 saturated heterocycles. The molecule has 0 unspecified atom stereocenters. The third-order valence-electron chi connectivity index (χ3n) is 4.27. The van der Waals surface area contributed by atoms with Gasteiger partial charge >= 0.3 is 0 Å². The summed E-state index contributed by atoms with van der Waals surface area (Å²) in [6, 6.07) is 4.91. The molecule has 0 aromatic heterocycles. The number of hydrogen-bond donors (Lipinski definition) is 0. The molecule has 4 nitrogen and oxygen atoms in total. The Hall–Kier alpha value is -3.83. The summed E-state index contributed by atoms with van der Waals surface area (Å²) in [6.07, 6.45) is 1.27. The summed E-state index contributed by atoms with van der Waals surface area (Å²) in [5, 5.41) is 18.2. The molecule has 0 spiro atoms. The van der Waals surface area contributed by atoms with Crippen LogP contribution in [-0.4, -0.2) is 8.42 Å². The molecule has 31 heavy (non-hydrogen) atoms. The van der Waals surface area contributed by atoms with E-state index in [0.717, 1.165) is 0 Å². The van der Waals surface area contributed by atoms with Gasteiger partial charge in [0.05, 0.1) is 9.81 Å². The van der Waals surface area contributed by atoms with Gasteiger partial charge in [-0.2, -0.15) is 10.5 Å². The maximum atomic E-state index is 14.3. The van der Waals surface area contributed by atoms with E-state index in [1.807, 2.05) is 0 Å². The number of halogens is 6. The molecule has 2 aromatic rings. The summed E-state index contributed by atoms with van der Waals surface area (Å²) < 4.78 is 109. The smallest absolute Gasteiger partial charge is 0.208 e. The SMILES string of the molecule is N#CC(C#N)=C1C=C(c2ccc(F)c(F)c2F)S(=O)(=O)C(c2ccc(F)c(F)c2F)=C1. The van der Waals surface area contributed by atoms with E-state index in [1.54, 1.807) is 0 Å². The number of nitrogens with zero attached hydrogens (tertiary/aromatic N) is 2. The zero-order valence-electron chi connectivity index (χ0n) is 14.9. The van der Waals surface area contributed by atoms with Crippen LogP contribution in [0.25, 0.3) is 9.81 Å². The Balaban J connectivity index is 2.42. The zero-order chi connectivity index (χ0) is 23.1. The molecule has 11 heteroatoms. The van der Waals surface area contributed by atoms with Gasteiger partial charge in [-0.3, -0.25) is 0 Å². The van der Waals surface area contributed by atoms with Gasteiger partial charge in [0.1, 0.15) is 17.7 Å². The lowest BCUT2D eigenvalue weighted by Crippen LogP contribution is -2.14. The highest BCUT2D eigenvalue weighted by Crippen LogP contribution is 2.41. The van der Waals surface area contributed by atoms with Gasteiger partial charge in [0.15, 0.2) is 34.9 Å². The molecule has 0 fully saturated rings. The van der Waals surface area contributed by atoms with Crippen molar-refractivity contribution in [3.05, 3.63) is 93.6 Å². The van der Waals surface area contributed by atoms with Crippen molar-refractivity contribution in [2.24, 2.45) is 0 Å². The third-order valence-corrected chi connectivity index (χ3v) is 6.10. The minimum Gasteiger partial charge on any atom is -0.218 e. The maximum Gasteiger partial charge on any atom is 0.208 e. The van der Waals surface area contributed by atoms with Crippen molar-refractivity contribution < 1.29 is 34.8 Å². The molecule has 0 radical (unpaired) electrons. The van der Waals surface area contributed by atoms with Gasteiger partial charge in [0, 0.05) is 16.7 Å². The van der Waals surface area contributed by atoms with Crippen LogP contribution in [0.2, 0.25) is 0 Å². The van der Waals surface area contributed by atoms with Crippen molar-refractivity contribution in [3.8, 4) is 12.1 Å². The van der Waals surface area contributed by atoms with Gasteiger partial charge in [-0.25, -0.2) is 34.8 Å².